The number of carbonyl (C=O) groups is 3. The van der Waals surface area contributed by atoms with Crippen molar-refractivity contribution < 1.29 is 23.9 Å². The van der Waals surface area contributed by atoms with E-state index in [9.17, 15) is 14.4 Å². The third-order valence-electron chi connectivity index (χ3n) is 5.71. The van der Waals surface area contributed by atoms with Crippen LogP contribution in [0, 0.1) is 5.92 Å². The monoisotopic (exact) mass is 422 g/mol. The van der Waals surface area contributed by atoms with Crippen LogP contribution in [0.3, 0.4) is 0 Å². The van der Waals surface area contributed by atoms with Gasteiger partial charge in [-0.2, -0.15) is 0 Å². The molecule has 0 aromatic heterocycles. The Balaban J connectivity index is 1.44. The molecule has 0 unspecified atom stereocenters. The summed E-state index contributed by atoms with van der Waals surface area (Å²) < 4.78 is 10.9. The van der Waals surface area contributed by atoms with Gasteiger partial charge in [-0.15, -0.1) is 0 Å². The summed E-state index contributed by atoms with van der Waals surface area (Å²) in [5.41, 5.74) is 0.525. The number of likely N-dealkylation sites (tertiary alicyclic amines) is 1. The predicted molar refractivity (Wildman–Crippen MR) is 115 cm³/mol. The Morgan fingerprint density at radius 2 is 1.74 bits per heavy atom. The first-order valence-electron chi connectivity index (χ1n) is 10.7. The molecule has 0 radical (unpaired) electrons. The number of piperidine rings is 1. The number of para-hydroxylation sites is 1. The second-order valence-electron chi connectivity index (χ2n) is 7.78. The van der Waals surface area contributed by atoms with Gasteiger partial charge < -0.3 is 9.47 Å². The Hall–Kier alpha value is -3.19. The fourth-order valence-electron chi connectivity index (χ4n) is 4.20. The Bertz CT molecular complexity index is 944. The molecular weight excluding hydrogens is 396 g/mol. The predicted octanol–water partition coefficient (Wildman–Crippen LogP) is 3.39. The Morgan fingerprint density at radius 3 is 2.45 bits per heavy atom. The van der Waals surface area contributed by atoms with Gasteiger partial charge in [0, 0.05) is 6.54 Å². The van der Waals surface area contributed by atoms with E-state index in [0.29, 0.717) is 36.9 Å². The van der Waals surface area contributed by atoms with Gasteiger partial charge in [-0.05, 0) is 62.7 Å². The van der Waals surface area contributed by atoms with Crippen molar-refractivity contribution in [3.05, 3.63) is 54.6 Å². The molecule has 7 nitrogen and oxygen atoms in total. The zero-order chi connectivity index (χ0) is 21.8. The van der Waals surface area contributed by atoms with Crippen molar-refractivity contribution in [3.63, 3.8) is 0 Å². The van der Waals surface area contributed by atoms with Crippen molar-refractivity contribution in [3.8, 4) is 11.5 Å². The van der Waals surface area contributed by atoms with Crippen LogP contribution in [0.25, 0.3) is 0 Å². The SMILES string of the molecule is CCOC(=O)[C@H]1CCCN([C@H]2CC(=O)N(c3ccc(Oc4ccccc4)cc3)C2=O)C1. The van der Waals surface area contributed by atoms with E-state index < -0.39 is 6.04 Å². The van der Waals surface area contributed by atoms with Crippen LogP contribution in [0.1, 0.15) is 26.2 Å². The van der Waals surface area contributed by atoms with Gasteiger partial charge in [0.05, 0.1) is 30.7 Å². The van der Waals surface area contributed by atoms with E-state index in [2.05, 4.69) is 0 Å². The summed E-state index contributed by atoms with van der Waals surface area (Å²) in [6, 6.07) is 15.8. The first-order valence-corrected chi connectivity index (χ1v) is 10.7. The van der Waals surface area contributed by atoms with Crippen molar-refractivity contribution in [2.45, 2.75) is 32.2 Å². The van der Waals surface area contributed by atoms with E-state index in [0.717, 1.165) is 12.8 Å². The van der Waals surface area contributed by atoms with Crippen LogP contribution in [-0.4, -0.2) is 48.4 Å². The molecular formula is C24H26N2O5. The molecule has 2 aromatic rings. The number of hydrogen-bond donors (Lipinski definition) is 0. The molecule has 0 aliphatic carbocycles. The lowest BCUT2D eigenvalue weighted by Crippen LogP contribution is -2.48. The van der Waals surface area contributed by atoms with E-state index in [1.54, 1.807) is 31.2 Å². The number of ether oxygens (including phenoxy) is 2. The number of amides is 2. The molecule has 0 N–H and O–H groups in total. The lowest BCUT2D eigenvalue weighted by Gasteiger charge is -2.34. The topological polar surface area (TPSA) is 76.2 Å². The molecule has 2 aliphatic heterocycles. The number of nitrogens with zero attached hydrogens (tertiary/aromatic N) is 2. The largest absolute Gasteiger partial charge is 0.466 e. The highest BCUT2D eigenvalue weighted by Crippen LogP contribution is 2.31. The lowest BCUT2D eigenvalue weighted by molar-refractivity contribution is -0.150. The molecule has 2 aromatic carbocycles. The van der Waals surface area contributed by atoms with Gasteiger partial charge in [0.2, 0.25) is 5.91 Å². The number of rotatable bonds is 6. The normalized spacial score (nSPS) is 21.9. The van der Waals surface area contributed by atoms with Crippen LogP contribution in [0.15, 0.2) is 54.6 Å². The summed E-state index contributed by atoms with van der Waals surface area (Å²) in [5, 5.41) is 0. The van der Waals surface area contributed by atoms with E-state index in [1.165, 1.54) is 4.90 Å². The van der Waals surface area contributed by atoms with Crippen LogP contribution in [0.2, 0.25) is 0 Å². The number of anilines is 1. The van der Waals surface area contributed by atoms with Gasteiger partial charge in [-0.1, -0.05) is 18.2 Å². The molecule has 0 saturated carbocycles. The first-order chi connectivity index (χ1) is 15.1. The van der Waals surface area contributed by atoms with Gasteiger partial charge >= 0.3 is 5.97 Å². The molecule has 162 valence electrons. The Morgan fingerprint density at radius 1 is 1.03 bits per heavy atom. The molecule has 4 rings (SSSR count). The minimum absolute atomic E-state index is 0.122. The summed E-state index contributed by atoms with van der Waals surface area (Å²) in [5.74, 6) is 0.384. The molecule has 2 saturated heterocycles. The maximum absolute atomic E-state index is 13.1. The average molecular weight is 422 g/mol. The summed E-state index contributed by atoms with van der Waals surface area (Å²) >= 11 is 0. The van der Waals surface area contributed by atoms with Crippen LogP contribution in [-0.2, 0) is 19.1 Å². The molecule has 2 amide bonds. The van der Waals surface area contributed by atoms with Crippen molar-refractivity contribution in [1.82, 2.24) is 4.90 Å². The standard InChI is InChI=1S/C24H26N2O5/c1-2-30-24(29)17-7-6-14-25(16-17)21-15-22(27)26(23(21)28)18-10-12-20(13-11-18)31-19-8-4-3-5-9-19/h3-5,8-13,17,21H,2,6-7,14-16H2,1H3/t17-,21-/m0/s1. The number of imide groups is 1. The summed E-state index contributed by atoms with van der Waals surface area (Å²) in [7, 11) is 0. The van der Waals surface area contributed by atoms with Crippen LogP contribution < -0.4 is 9.64 Å². The number of benzene rings is 2. The zero-order valence-corrected chi connectivity index (χ0v) is 17.5. The molecule has 2 aliphatic rings. The summed E-state index contributed by atoms with van der Waals surface area (Å²) in [4.78, 5) is 41.1. The minimum atomic E-state index is -0.537. The van der Waals surface area contributed by atoms with E-state index >= 15 is 0 Å². The fraction of sp³-hybridized carbons (Fsp3) is 0.375. The smallest absolute Gasteiger partial charge is 0.310 e. The lowest BCUT2D eigenvalue weighted by atomic mass is 9.96. The van der Waals surface area contributed by atoms with Crippen LogP contribution in [0.5, 0.6) is 11.5 Å². The fourth-order valence-corrected chi connectivity index (χ4v) is 4.20. The molecule has 0 bridgehead atoms. The molecule has 7 heteroatoms. The van der Waals surface area contributed by atoms with Crippen molar-refractivity contribution in [1.29, 1.82) is 0 Å². The highest BCUT2D eigenvalue weighted by molar-refractivity contribution is 6.22. The first kappa shape index (κ1) is 21.1. The van der Waals surface area contributed by atoms with Gasteiger partial charge in [-0.25, -0.2) is 4.90 Å². The minimum Gasteiger partial charge on any atom is -0.466 e. The van der Waals surface area contributed by atoms with Gasteiger partial charge in [0.1, 0.15) is 11.5 Å². The number of esters is 1. The second kappa shape index (κ2) is 9.31. The number of hydrogen-bond acceptors (Lipinski definition) is 6. The average Bonchev–Trinajstić information content (AvgIpc) is 3.09. The van der Waals surface area contributed by atoms with Gasteiger partial charge in [0.25, 0.3) is 5.91 Å². The molecule has 2 heterocycles. The second-order valence-corrected chi connectivity index (χ2v) is 7.78. The van der Waals surface area contributed by atoms with E-state index in [4.69, 9.17) is 9.47 Å². The maximum atomic E-state index is 13.1. The van der Waals surface area contributed by atoms with Crippen LogP contribution >= 0.6 is 0 Å². The van der Waals surface area contributed by atoms with E-state index in [1.807, 2.05) is 35.2 Å². The van der Waals surface area contributed by atoms with Gasteiger partial charge in [0.15, 0.2) is 0 Å². The highest BCUT2D eigenvalue weighted by Gasteiger charge is 2.44. The van der Waals surface area contributed by atoms with Crippen molar-refractivity contribution >= 4 is 23.5 Å². The van der Waals surface area contributed by atoms with E-state index in [-0.39, 0.29) is 30.1 Å². The molecule has 31 heavy (non-hydrogen) atoms. The Labute approximate surface area is 181 Å². The van der Waals surface area contributed by atoms with Crippen LogP contribution in [0.4, 0.5) is 5.69 Å². The third kappa shape index (κ3) is 4.61. The molecule has 2 fully saturated rings. The van der Waals surface area contributed by atoms with Crippen molar-refractivity contribution in [2.75, 3.05) is 24.6 Å². The molecule has 0 spiro atoms. The highest BCUT2D eigenvalue weighted by atomic mass is 16.5. The van der Waals surface area contributed by atoms with Gasteiger partial charge in [-0.3, -0.25) is 19.3 Å². The summed E-state index contributed by atoms with van der Waals surface area (Å²) in [6.07, 6.45) is 1.67. The third-order valence-corrected chi connectivity index (χ3v) is 5.71. The quantitative estimate of drug-likeness (QED) is 0.525. The Kier molecular flexibility index (Phi) is 6.32. The maximum Gasteiger partial charge on any atom is 0.310 e. The number of carbonyl (C=O) groups excluding carboxylic acids is 3. The van der Waals surface area contributed by atoms with Crippen molar-refractivity contribution in [2.24, 2.45) is 5.92 Å². The summed E-state index contributed by atoms with van der Waals surface area (Å²) in [6.45, 7) is 3.26. The molecule has 2 atom stereocenters. The zero-order valence-electron chi connectivity index (χ0n) is 17.5.